The minimum atomic E-state index is -0.322. The van der Waals surface area contributed by atoms with Crippen LogP contribution in [0.15, 0.2) is 48.5 Å². The summed E-state index contributed by atoms with van der Waals surface area (Å²) < 4.78 is 10.6. The van der Waals surface area contributed by atoms with Crippen LogP contribution in [0.1, 0.15) is 18.9 Å². The van der Waals surface area contributed by atoms with Crippen molar-refractivity contribution in [1.29, 1.82) is 0 Å². The monoisotopic (exact) mass is 314 g/mol. The first-order valence-corrected chi connectivity index (χ1v) is 7.62. The molecule has 0 aliphatic rings. The van der Waals surface area contributed by atoms with Gasteiger partial charge in [-0.25, -0.2) is 4.79 Å². The fourth-order valence-corrected chi connectivity index (χ4v) is 2.08. The molecule has 2 rings (SSSR count). The molecule has 23 heavy (non-hydrogen) atoms. The molecule has 0 heterocycles. The number of amides is 2. The third-order valence-electron chi connectivity index (χ3n) is 3.28. The zero-order valence-corrected chi connectivity index (χ0v) is 13.5. The van der Waals surface area contributed by atoms with Gasteiger partial charge in [-0.1, -0.05) is 25.5 Å². The lowest BCUT2D eigenvalue weighted by atomic mass is 10.1. The standard InChI is InChI=1S/C18H22N2O3/c1-3-4-14-5-9-17(10-6-14)23-13-19-18(21)20-15-7-11-16(22-2)12-8-15/h5-12H,3-4,13H2,1-2H3,(H2,19,20,21). The summed E-state index contributed by atoms with van der Waals surface area (Å²) in [6.07, 6.45) is 2.18. The van der Waals surface area contributed by atoms with Gasteiger partial charge in [0.2, 0.25) is 0 Å². The second-order valence-electron chi connectivity index (χ2n) is 5.04. The predicted octanol–water partition coefficient (Wildman–Crippen LogP) is 3.81. The van der Waals surface area contributed by atoms with Crippen LogP contribution in [0.25, 0.3) is 0 Å². The SMILES string of the molecule is CCCc1ccc(OCNC(=O)Nc2ccc(OC)cc2)cc1. The molecule has 0 spiro atoms. The van der Waals surface area contributed by atoms with Gasteiger partial charge in [0.05, 0.1) is 7.11 Å². The van der Waals surface area contributed by atoms with Crippen molar-refractivity contribution < 1.29 is 14.3 Å². The molecule has 0 aliphatic heterocycles. The van der Waals surface area contributed by atoms with E-state index >= 15 is 0 Å². The summed E-state index contributed by atoms with van der Waals surface area (Å²) in [7, 11) is 1.60. The number of rotatable bonds is 7. The predicted molar refractivity (Wildman–Crippen MR) is 91.1 cm³/mol. The molecule has 0 unspecified atom stereocenters. The van der Waals surface area contributed by atoms with Gasteiger partial charge in [0.25, 0.3) is 0 Å². The molecule has 0 atom stereocenters. The van der Waals surface area contributed by atoms with Crippen LogP contribution in [0.4, 0.5) is 10.5 Å². The largest absolute Gasteiger partial charge is 0.497 e. The lowest BCUT2D eigenvalue weighted by Crippen LogP contribution is -2.31. The van der Waals surface area contributed by atoms with Gasteiger partial charge in [-0.3, -0.25) is 0 Å². The maximum atomic E-state index is 11.8. The van der Waals surface area contributed by atoms with Crippen molar-refractivity contribution >= 4 is 11.7 Å². The molecule has 0 fully saturated rings. The van der Waals surface area contributed by atoms with Gasteiger partial charge in [0, 0.05) is 5.69 Å². The average molecular weight is 314 g/mol. The number of methoxy groups -OCH3 is 1. The van der Waals surface area contributed by atoms with E-state index in [0.717, 1.165) is 24.3 Å². The van der Waals surface area contributed by atoms with Crippen molar-refractivity contribution in [3.05, 3.63) is 54.1 Å². The Morgan fingerprint density at radius 3 is 2.26 bits per heavy atom. The highest BCUT2D eigenvalue weighted by Gasteiger charge is 2.02. The summed E-state index contributed by atoms with van der Waals surface area (Å²) in [4.78, 5) is 11.8. The maximum Gasteiger partial charge on any atom is 0.321 e. The first kappa shape index (κ1) is 16.7. The minimum Gasteiger partial charge on any atom is -0.497 e. The van der Waals surface area contributed by atoms with E-state index in [1.165, 1.54) is 5.56 Å². The highest BCUT2D eigenvalue weighted by atomic mass is 16.5. The molecule has 0 bridgehead atoms. The van der Waals surface area contributed by atoms with Gasteiger partial charge in [-0.15, -0.1) is 0 Å². The molecular weight excluding hydrogens is 292 g/mol. The van der Waals surface area contributed by atoms with Crippen molar-refractivity contribution in [2.24, 2.45) is 0 Å². The fraction of sp³-hybridized carbons (Fsp3) is 0.278. The Labute approximate surface area is 136 Å². The molecule has 5 heteroatoms. The first-order chi connectivity index (χ1) is 11.2. The number of hydrogen-bond acceptors (Lipinski definition) is 3. The summed E-state index contributed by atoms with van der Waals surface area (Å²) in [5, 5.41) is 5.36. The van der Waals surface area contributed by atoms with Crippen molar-refractivity contribution in [3.8, 4) is 11.5 Å². The smallest absolute Gasteiger partial charge is 0.321 e. The van der Waals surface area contributed by atoms with E-state index < -0.39 is 0 Å². The molecule has 2 amide bonds. The molecular formula is C18H22N2O3. The van der Waals surface area contributed by atoms with Crippen LogP contribution in [-0.4, -0.2) is 19.9 Å². The summed E-state index contributed by atoms with van der Waals surface area (Å²) in [5.41, 5.74) is 1.97. The Hall–Kier alpha value is -2.69. The molecule has 122 valence electrons. The number of urea groups is 1. The molecule has 0 aliphatic carbocycles. The van der Waals surface area contributed by atoms with E-state index in [4.69, 9.17) is 9.47 Å². The minimum absolute atomic E-state index is 0.106. The van der Waals surface area contributed by atoms with E-state index in [1.807, 2.05) is 24.3 Å². The molecule has 0 aromatic heterocycles. The highest BCUT2D eigenvalue weighted by Crippen LogP contribution is 2.15. The van der Waals surface area contributed by atoms with Crippen LogP contribution >= 0.6 is 0 Å². The van der Waals surface area contributed by atoms with Gasteiger partial charge in [-0.05, 0) is 48.4 Å². The van der Waals surface area contributed by atoms with E-state index in [-0.39, 0.29) is 12.8 Å². The second kappa shape index (κ2) is 8.68. The first-order valence-electron chi connectivity index (χ1n) is 7.62. The number of anilines is 1. The number of carbonyl (C=O) groups excluding carboxylic acids is 1. The van der Waals surface area contributed by atoms with Crippen molar-refractivity contribution in [2.45, 2.75) is 19.8 Å². The van der Waals surface area contributed by atoms with Gasteiger partial charge in [0.15, 0.2) is 6.73 Å². The van der Waals surface area contributed by atoms with E-state index in [0.29, 0.717) is 5.69 Å². The Kier molecular flexibility index (Phi) is 6.29. The molecule has 2 N–H and O–H groups in total. The molecule has 2 aromatic rings. The van der Waals surface area contributed by atoms with E-state index in [1.54, 1.807) is 31.4 Å². The fourth-order valence-electron chi connectivity index (χ4n) is 2.08. The average Bonchev–Trinajstić information content (AvgIpc) is 2.57. The lowest BCUT2D eigenvalue weighted by Gasteiger charge is -2.10. The quantitative estimate of drug-likeness (QED) is 0.764. The number of aryl methyl sites for hydroxylation is 1. The summed E-state index contributed by atoms with van der Waals surface area (Å²) >= 11 is 0. The number of benzene rings is 2. The lowest BCUT2D eigenvalue weighted by molar-refractivity contribution is 0.234. The number of ether oxygens (including phenoxy) is 2. The van der Waals surface area contributed by atoms with E-state index in [9.17, 15) is 4.79 Å². The Morgan fingerprint density at radius 1 is 1.00 bits per heavy atom. The van der Waals surface area contributed by atoms with Gasteiger partial charge in [-0.2, -0.15) is 0 Å². The van der Waals surface area contributed by atoms with Crippen LogP contribution in [0, 0.1) is 0 Å². The van der Waals surface area contributed by atoms with Crippen LogP contribution in [0.5, 0.6) is 11.5 Å². The van der Waals surface area contributed by atoms with E-state index in [2.05, 4.69) is 17.6 Å². The third-order valence-corrected chi connectivity index (χ3v) is 3.28. The summed E-state index contributed by atoms with van der Waals surface area (Å²) in [5.74, 6) is 1.47. The van der Waals surface area contributed by atoms with Crippen LogP contribution in [0.3, 0.4) is 0 Å². The molecule has 2 aromatic carbocycles. The summed E-state index contributed by atoms with van der Waals surface area (Å²) in [6.45, 7) is 2.25. The third kappa shape index (κ3) is 5.54. The number of hydrogen-bond donors (Lipinski definition) is 2. The molecule has 0 radical (unpaired) electrons. The number of nitrogens with one attached hydrogen (secondary N) is 2. The van der Waals surface area contributed by atoms with Crippen LogP contribution < -0.4 is 20.1 Å². The van der Waals surface area contributed by atoms with Crippen molar-refractivity contribution in [2.75, 3.05) is 19.2 Å². The zero-order chi connectivity index (χ0) is 16.5. The maximum absolute atomic E-state index is 11.8. The topological polar surface area (TPSA) is 59.6 Å². The van der Waals surface area contributed by atoms with Crippen LogP contribution in [0.2, 0.25) is 0 Å². The van der Waals surface area contributed by atoms with Gasteiger partial charge >= 0.3 is 6.03 Å². The Morgan fingerprint density at radius 2 is 1.65 bits per heavy atom. The molecule has 0 saturated carbocycles. The van der Waals surface area contributed by atoms with Crippen molar-refractivity contribution in [1.82, 2.24) is 5.32 Å². The Balaban J connectivity index is 1.73. The number of carbonyl (C=O) groups is 1. The molecule has 5 nitrogen and oxygen atoms in total. The Bertz CT molecular complexity index is 609. The normalized spacial score (nSPS) is 10.0. The highest BCUT2D eigenvalue weighted by molar-refractivity contribution is 5.89. The second-order valence-corrected chi connectivity index (χ2v) is 5.04. The zero-order valence-electron chi connectivity index (χ0n) is 13.5. The summed E-state index contributed by atoms with van der Waals surface area (Å²) in [6, 6.07) is 14.7. The molecule has 0 saturated heterocycles. The van der Waals surface area contributed by atoms with Gasteiger partial charge < -0.3 is 20.1 Å². The van der Waals surface area contributed by atoms with Gasteiger partial charge in [0.1, 0.15) is 11.5 Å². The van der Waals surface area contributed by atoms with Crippen LogP contribution in [-0.2, 0) is 6.42 Å². The van der Waals surface area contributed by atoms with Crippen molar-refractivity contribution in [3.63, 3.8) is 0 Å².